The van der Waals surface area contributed by atoms with Gasteiger partial charge in [-0.25, -0.2) is 9.67 Å². The molecule has 0 aliphatic heterocycles. The lowest BCUT2D eigenvalue weighted by molar-refractivity contribution is -0.385. The van der Waals surface area contributed by atoms with Crippen LogP contribution in [0.25, 0.3) is 0 Å². The number of carbonyl (C=O) groups excluding carboxylic acids is 2. The van der Waals surface area contributed by atoms with Crippen LogP contribution in [-0.4, -0.2) is 31.5 Å². The highest BCUT2D eigenvalue weighted by Gasteiger charge is 2.17. The molecule has 0 aliphatic rings. The Hall–Kier alpha value is -4.08. The Morgan fingerprint density at radius 3 is 2.38 bits per heavy atom. The zero-order valence-corrected chi connectivity index (χ0v) is 15.5. The molecule has 10 heteroatoms. The first kappa shape index (κ1) is 19.7. The Morgan fingerprint density at radius 2 is 1.76 bits per heavy atom. The van der Waals surface area contributed by atoms with Gasteiger partial charge in [-0.05, 0) is 31.2 Å². The maximum atomic E-state index is 12.2. The van der Waals surface area contributed by atoms with Crippen molar-refractivity contribution in [1.82, 2.24) is 14.8 Å². The Balaban J connectivity index is 1.58. The molecule has 148 valence electrons. The molecule has 29 heavy (non-hydrogen) atoms. The highest BCUT2D eigenvalue weighted by atomic mass is 16.6. The second-order valence-corrected chi connectivity index (χ2v) is 6.23. The fourth-order valence-corrected chi connectivity index (χ4v) is 2.64. The summed E-state index contributed by atoms with van der Waals surface area (Å²) in [6.07, 6.45) is 2.69. The van der Waals surface area contributed by atoms with Crippen LogP contribution in [-0.2, 0) is 16.0 Å². The largest absolute Gasteiger partial charge is 0.326 e. The summed E-state index contributed by atoms with van der Waals surface area (Å²) >= 11 is 0. The number of nitrogens with one attached hydrogen (secondary N) is 2. The number of para-hydroxylation sites is 1. The minimum atomic E-state index is -0.529. The minimum Gasteiger partial charge on any atom is -0.326 e. The van der Waals surface area contributed by atoms with Crippen molar-refractivity contribution in [2.24, 2.45) is 0 Å². The number of hydrogen-bond donors (Lipinski definition) is 2. The van der Waals surface area contributed by atoms with Gasteiger partial charge >= 0.3 is 0 Å². The molecule has 0 saturated heterocycles. The molecule has 2 aromatic carbocycles. The number of nitrogens with zero attached hydrogens (tertiary/aromatic N) is 4. The van der Waals surface area contributed by atoms with Crippen molar-refractivity contribution in [2.75, 3.05) is 10.6 Å². The lowest BCUT2D eigenvalue weighted by Crippen LogP contribution is -2.24. The van der Waals surface area contributed by atoms with E-state index in [0.717, 1.165) is 0 Å². The van der Waals surface area contributed by atoms with Crippen molar-refractivity contribution < 1.29 is 14.5 Å². The normalized spacial score (nSPS) is 11.5. The second kappa shape index (κ2) is 8.74. The van der Waals surface area contributed by atoms with E-state index in [1.807, 2.05) is 0 Å². The van der Waals surface area contributed by atoms with Gasteiger partial charge in [0.25, 0.3) is 5.69 Å². The van der Waals surface area contributed by atoms with E-state index in [1.165, 1.54) is 23.4 Å². The molecule has 1 aromatic heterocycles. The van der Waals surface area contributed by atoms with Crippen LogP contribution in [0.5, 0.6) is 0 Å². The smallest absolute Gasteiger partial charge is 0.273 e. The van der Waals surface area contributed by atoms with Crippen LogP contribution in [0.3, 0.4) is 0 Å². The van der Waals surface area contributed by atoms with Crippen LogP contribution in [0.1, 0.15) is 18.5 Å². The zero-order chi connectivity index (χ0) is 20.8. The number of anilines is 2. The van der Waals surface area contributed by atoms with Gasteiger partial charge in [0.1, 0.15) is 18.7 Å². The number of benzene rings is 2. The predicted molar refractivity (Wildman–Crippen MR) is 105 cm³/mol. The van der Waals surface area contributed by atoms with Gasteiger partial charge < -0.3 is 10.6 Å². The second-order valence-electron chi connectivity index (χ2n) is 6.23. The fourth-order valence-electron chi connectivity index (χ4n) is 2.64. The summed E-state index contributed by atoms with van der Waals surface area (Å²) in [5.41, 5.74) is 1.30. The summed E-state index contributed by atoms with van der Waals surface area (Å²) in [6, 6.07) is 12.1. The third-order valence-corrected chi connectivity index (χ3v) is 4.19. The average molecular weight is 394 g/mol. The van der Waals surface area contributed by atoms with Gasteiger partial charge in [0.2, 0.25) is 11.8 Å². The van der Waals surface area contributed by atoms with Gasteiger partial charge in [0, 0.05) is 23.0 Å². The number of amides is 2. The number of hydrogen-bond acceptors (Lipinski definition) is 6. The first-order valence-electron chi connectivity index (χ1n) is 8.71. The van der Waals surface area contributed by atoms with E-state index in [1.54, 1.807) is 49.4 Å². The van der Waals surface area contributed by atoms with E-state index >= 15 is 0 Å². The highest BCUT2D eigenvalue weighted by molar-refractivity contribution is 5.95. The molecular formula is C19H18N6O4. The Labute approximate surface area is 165 Å². The van der Waals surface area contributed by atoms with Gasteiger partial charge in [-0.2, -0.15) is 5.10 Å². The first-order chi connectivity index (χ1) is 13.9. The number of nitro groups is 1. The van der Waals surface area contributed by atoms with E-state index in [0.29, 0.717) is 16.9 Å². The number of carbonyl (C=O) groups is 2. The van der Waals surface area contributed by atoms with E-state index in [2.05, 4.69) is 20.7 Å². The fraction of sp³-hybridized carbons (Fsp3) is 0.158. The van der Waals surface area contributed by atoms with Crippen LogP contribution in [0, 0.1) is 10.1 Å². The molecule has 1 unspecified atom stereocenters. The molecule has 2 N–H and O–H groups in total. The Kier molecular flexibility index (Phi) is 5.93. The number of nitro benzene ring substituents is 1. The van der Waals surface area contributed by atoms with Gasteiger partial charge in [-0.1, -0.05) is 18.2 Å². The predicted octanol–water partition coefficient (Wildman–Crippen LogP) is 2.57. The molecule has 1 atom stereocenters. The van der Waals surface area contributed by atoms with Crippen molar-refractivity contribution in [3.05, 3.63) is 76.9 Å². The van der Waals surface area contributed by atoms with Crippen LogP contribution in [0.2, 0.25) is 0 Å². The Morgan fingerprint density at radius 1 is 1.10 bits per heavy atom. The summed E-state index contributed by atoms with van der Waals surface area (Å²) < 4.78 is 1.44. The van der Waals surface area contributed by atoms with E-state index in [9.17, 15) is 19.7 Å². The SMILES string of the molecule is CC(C(=O)Nc1ccc(NC(=O)Cc2ccccc2[N+](=O)[O-])cc1)n1cncn1. The van der Waals surface area contributed by atoms with Gasteiger partial charge in [-0.15, -0.1) is 0 Å². The highest BCUT2D eigenvalue weighted by Crippen LogP contribution is 2.20. The maximum Gasteiger partial charge on any atom is 0.273 e. The van der Waals surface area contributed by atoms with Crippen LogP contribution >= 0.6 is 0 Å². The van der Waals surface area contributed by atoms with Crippen molar-refractivity contribution in [3.63, 3.8) is 0 Å². The first-order valence-corrected chi connectivity index (χ1v) is 8.71. The summed E-state index contributed by atoms with van der Waals surface area (Å²) in [6.45, 7) is 1.70. The topological polar surface area (TPSA) is 132 Å². The van der Waals surface area contributed by atoms with Gasteiger partial charge in [-0.3, -0.25) is 19.7 Å². The summed E-state index contributed by atoms with van der Waals surface area (Å²) in [7, 11) is 0. The third kappa shape index (κ3) is 5.01. The molecule has 0 radical (unpaired) electrons. The summed E-state index contributed by atoms with van der Waals surface area (Å²) in [5, 5.41) is 20.4. The van der Waals surface area contributed by atoms with Crippen molar-refractivity contribution in [1.29, 1.82) is 0 Å². The molecular weight excluding hydrogens is 376 g/mol. The molecule has 0 spiro atoms. The van der Waals surface area contributed by atoms with Gasteiger partial charge in [0.05, 0.1) is 11.3 Å². The average Bonchev–Trinajstić information content (AvgIpc) is 3.24. The quantitative estimate of drug-likeness (QED) is 0.467. The monoisotopic (exact) mass is 394 g/mol. The molecule has 3 rings (SSSR count). The van der Waals surface area contributed by atoms with Crippen LogP contribution in [0.4, 0.5) is 17.1 Å². The lowest BCUT2D eigenvalue weighted by Gasteiger charge is -2.12. The van der Waals surface area contributed by atoms with Crippen LogP contribution in [0.15, 0.2) is 61.2 Å². The molecule has 10 nitrogen and oxygen atoms in total. The van der Waals surface area contributed by atoms with Crippen molar-refractivity contribution >= 4 is 28.9 Å². The zero-order valence-electron chi connectivity index (χ0n) is 15.5. The molecule has 0 aliphatic carbocycles. The maximum absolute atomic E-state index is 12.2. The van der Waals surface area contributed by atoms with E-state index < -0.39 is 11.0 Å². The molecule has 1 heterocycles. The number of aromatic nitrogens is 3. The standard InChI is InChI=1S/C19H18N6O4/c1-13(24-12-20-11-21-24)19(27)23-16-8-6-15(7-9-16)22-18(26)10-14-4-2-3-5-17(14)25(28)29/h2-9,11-13H,10H2,1H3,(H,22,26)(H,23,27). The molecule has 0 bridgehead atoms. The molecule has 0 fully saturated rings. The van der Waals surface area contributed by atoms with Crippen LogP contribution < -0.4 is 10.6 Å². The molecule has 3 aromatic rings. The van der Waals surface area contributed by atoms with E-state index in [4.69, 9.17) is 0 Å². The number of rotatable bonds is 7. The van der Waals surface area contributed by atoms with E-state index in [-0.39, 0.29) is 23.9 Å². The summed E-state index contributed by atoms with van der Waals surface area (Å²) in [5.74, 6) is -0.639. The summed E-state index contributed by atoms with van der Waals surface area (Å²) in [4.78, 5) is 38.8. The minimum absolute atomic E-state index is 0.0952. The van der Waals surface area contributed by atoms with Crippen molar-refractivity contribution in [3.8, 4) is 0 Å². The lowest BCUT2D eigenvalue weighted by atomic mass is 10.1. The Bertz CT molecular complexity index is 1020. The van der Waals surface area contributed by atoms with Crippen molar-refractivity contribution in [2.45, 2.75) is 19.4 Å². The van der Waals surface area contributed by atoms with Gasteiger partial charge in [0.15, 0.2) is 0 Å². The third-order valence-electron chi connectivity index (χ3n) is 4.19. The molecule has 2 amide bonds. The molecule has 0 saturated carbocycles.